The van der Waals surface area contributed by atoms with Crippen molar-refractivity contribution < 1.29 is 47.4 Å². The Kier molecular flexibility index (Phi) is 22.7. The van der Waals surface area contributed by atoms with Crippen LogP contribution in [0.5, 0.6) is 0 Å². The van der Waals surface area contributed by atoms with Crippen LogP contribution in [-0.4, -0.2) is 79.3 Å². The first-order valence-corrected chi connectivity index (χ1v) is 29.3. The summed E-state index contributed by atoms with van der Waals surface area (Å²) in [5.41, 5.74) is 7.89. The van der Waals surface area contributed by atoms with Crippen molar-refractivity contribution in [3.8, 4) is 0 Å². The molecule has 11 heteroatoms. The average molecular weight is 1110 g/mol. The van der Waals surface area contributed by atoms with Crippen molar-refractivity contribution in [3.05, 3.63) is 287 Å². The van der Waals surface area contributed by atoms with Gasteiger partial charge in [0.15, 0.2) is 0 Å². The van der Waals surface area contributed by atoms with Crippen molar-refractivity contribution in [1.82, 2.24) is 0 Å². The third-order valence-corrected chi connectivity index (χ3v) is 15.7. The second kappa shape index (κ2) is 31.8. The van der Waals surface area contributed by atoms with Crippen molar-refractivity contribution in [3.63, 3.8) is 0 Å². The minimum absolute atomic E-state index is 0.263. The molecule has 0 radical (unpaired) electrons. The molecule has 0 spiro atoms. The van der Waals surface area contributed by atoms with Gasteiger partial charge in [-0.15, -0.1) is 11.8 Å². The molecule has 0 unspecified atom stereocenters. The number of rotatable bonds is 30. The zero-order valence-corrected chi connectivity index (χ0v) is 46.7. The standard InChI is InChI=1S/C70H74O10S/c1-9-25-53(26-10-1)43-71-51-62-65(74-46-56-31-15-4-16-32-56)67(76-48-58-35-19-6-20-36-58)64(73-45-55-29-13-3-14-30-55)61(79-62)41-42-81-70-69(78-50-60-39-23-8-24-40-60)68(77-49-59-37-21-7-22-38-59)66(75-47-57-33-17-5-18-34-57)63(80-70)52-72-44-54-27-11-2-12-28-54/h1-40,61-70H,41-52H2/t61-,62+,63+,64-,65+,66+,67+,68-,69+,70-/m0/s1. The Bertz CT molecular complexity index is 2730. The monoisotopic (exact) mass is 1110 g/mol. The smallest absolute Gasteiger partial charge is 0.132 e. The van der Waals surface area contributed by atoms with Gasteiger partial charge in [0, 0.05) is 0 Å². The first kappa shape index (κ1) is 57.9. The van der Waals surface area contributed by atoms with Crippen LogP contribution in [-0.2, 0) is 100 Å². The Morgan fingerprint density at radius 3 is 0.827 bits per heavy atom. The van der Waals surface area contributed by atoms with Crippen LogP contribution in [0.3, 0.4) is 0 Å². The fourth-order valence-corrected chi connectivity index (χ4v) is 11.5. The molecule has 2 fully saturated rings. The van der Waals surface area contributed by atoms with E-state index in [1.54, 1.807) is 11.8 Å². The van der Waals surface area contributed by atoms with E-state index in [0.717, 1.165) is 44.5 Å². The van der Waals surface area contributed by atoms with Crippen LogP contribution >= 0.6 is 11.8 Å². The van der Waals surface area contributed by atoms with Crippen LogP contribution in [0.2, 0.25) is 0 Å². The van der Waals surface area contributed by atoms with E-state index < -0.39 is 60.4 Å². The lowest BCUT2D eigenvalue weighted by molar-refractivity contribution is -0.272. The molecule has 0 saturated carbocycles. The normalized spacial score (nSPS) is 22.8. The van der Waals surface area contributed by atoms with Gasteiger partial charge in [0.1, 0.15) is 54.3 Å². The third kappa shape index (κ3) is 17.9. The predicted octanol–water partition coefficient (Wildman–Crippen LogP) is 13.5. The maximum atomic E-state index is 7.34. The first-order chi connectivity index (χ1) is 40.2. The van der Waals surface area contributed by atoms with Gasteiger partial charge in [-0.1, -0.05) is 243 Å². The second-order valence-corrected chi connectivity index (χ2v) is 21.7. The summed E-state index contributed by atoms with van der Waals surface area (Å²) in [5.74, 6) is 0.600. The summed E-state index contributed by atoms with van der Waals surface area (Å²) < 4.78 is 70.2. The van der Waals surface area contributed by atoms with E-state index in [2.05, 4.69) is 97.1 Å². The molecule has 0 aliphatic carbocycles. The molecule has 8 aromatic carbocycles. The number of hydrogen-bond acceptors (Lipinski definition) is 11. The number of thioether (sulfide) groups is 1. The van der Waals surface area contributed by atoms with Crippen molar-refractivity contribution in [2.24, 2.45) is 0 Å². The number of hydrogen-bond donors (Lipinski definition) is 0. The molecule has 0 bridgehead atoms. The van der Waals surface area contributed by atoms with Gasteiger partial charge in [0.25, 0.3) is 0 Å². The number of benzene rings is 8. The summed E-state index contributed by atoms with van der Waals surface area (Å²) in [6, 6.07) is 81.9. The highest BCUT2D eigenvalue weighted by atomic mass is 32.2. The largest absolute Gasteiger partial charge is 0.374 e. The summed E-state index contributed by atoms with van der Waals surface area (Å²) in [6.45, 7) is 3.45. The molecule has 2 heterocycles. The molecule has 2 aliphatic rings. The van der Waals surface area contributed by atoms with Gasteiger partial charge < -0.3 is 47.4 Å². The Balaban J connectivity index is 0.967. The lowest BCUT2D eigenvalue weighted by Gasteiger charge is -2.47. The van der Waals surface area contributed by atoms with Crippen molar-refractivity contribution >= 4 is 11.8 Å². The fraction of sp³-hybridized carbons (Fsp3) is 0.314. The number of ether oxygens (including phenoxy) is 10. The highest BCUT2D eigenvalue weighted by Crippen LogP contribution is 2.38. The SMILES string of the molecule is c1ccc(COC[C@H]2O[C@@H](CCS[C@@H]3O[C@H](COCc4ccccc4)[C@@H](OCc4ccccc4)[C@H](OCc4ccccc4)[C@H]3OCc3ccccc3)[C@H](OCc3ccccc3)[C@@H](OCc3ccccc3)[C@@H]2OCc2ccccc2)cc1. The summed E-state index contributed by atoms with van der Waals surface area (Å²) in [5, 5.41) is 0. The first-order valence-electron chi connectivity index (χ1n) is 28.3. The van der Waals surface area contributed by atoms with Gasteiger partial charge in [0.05, 0.1) is 72.2 Å². The summed E-state index contributed by atoms with van der Waals surface area (Å²) in [7, 11) is 0. The molecule has 0 aromatic heterocycles. The average Bonchev–Trinajstić information content (AvgIpc) is 3.56. The van der Waals surface area contributed by atoms with E-state index in [1.165, 1.54) is 0 Å². The van der Waals surface area contributed by atoms with Gasteiger partial charge in [-0.05, 0) is 56.7 Å². The van der Waals surface area contributed by atoms with Gasteiger partial charge in [-0.3, -0.25) is 0 Å². The molecule has 0 amide bonds. The molecule has 0 N–H and O–H groups in total. The predicted molar refractivity (Wildman–Crippen MR) is 317 cm³/mol. The van der Waals surface area contributed by atoms with Crippen molar-refractivity contribution in [2.45, 2.75) is 120 Å². The molecule has 10 nitrogen and oxygen atoms in total. The lowest BCUT2D eigenvalue weighted by Crippen LogP contribution is -2.61. The van der Waals surface area contributed by atoms with E-state index in [4.69, 9.17) is 47.4 Å². The zero-order valence-electron chi connectivity index (χ0n) is 45.8. The minimum Gasteiger partial charge on any atom is -0.374 e. The molecule has 8 aromatic rings. The van der Waals surface area contributed by atoms with Crippen LogP contribution in [0.1, 0.15) is 50.9 Å². The highest BCUT2D eigenvalue weighted by molar-refractivity contribution is 7.99. The molecule has 81 heavy (non-hydrogen) atoms. The van der Waals surface area contributed by atoms with Gasteiger partial charge in [0.2, 0.25) is 0 Å². The van der Waals surface area contributed by atoms with Crippen LogP contribution in [0.25, 0.3) is 0 Å². The molecule has 10 atom stereocenters. The maximum Gasteiger partial charge on any atom is 0.132 e. The maximum absolute atomic E-state index is 7.34. The minimum atomic E-state index is -0.570. The molecular formula is C70H74O10S. The van der Waals surface area contributed by atoms with Gasteiger partial charge in [-0.25, -0.2) is 0 Å². The zero-order chi connectivity index (χ0) is 54.9. The van der Waals surface area contributed by atoms with Crippen LogP contribution in [0.4, 0.5) is 0 Å². The quantitative estimate of drug-likeness (QED) is 0.0431. The van der Waals surface area contributed by atoms with Gasteiger partial charge in [-0.2, -0.15) is 0 Å². The third-order valence-electron chi connectivity index (χ3n) is 14.5. The molecule has 2 aliphatic heterocycles. The summed E-state index contributed by atoms with van der Waals surface area (Å²) >= 11 is 1.69. The van der Waals surface area contributed by atoms with E-state index in [9.17, 15) is 0 Å². The lowest BCUT2D eigenvalue weighted by atomic mass is 9.92. The van der Waals surface area contributed by atoms with Crippen molar-refractivity contribution in [1.29, 1.82) is 0 Å². The Morgan fingerprint density at radius 1 is 0.259 bits per heavy atom. The van der Waals surface area contributed by atoms with Gasteiger partial charge >= 0.3 is 0 Å². The van der Waals surface area contributed by atoms with Crippen molar-refractivity contribution in [2.75, 3.05) is 19.0 Å². The van der Waals surface area contributed by atoms with E-state index in [1.807, 2.05) is 146 Å². The Morgan fingerprint density at radius 2 is 0.506 bits per heavy atom. The molecule has 420 valence electrons. The summed E-state index contributed by atoms with van der Waals surface area (Å²) in [6.07, 6.45) is -4.27. The van der Waals surface area contributed by atoms with E-state index >= 15 is 0 Å². The van der Waals surface area contributed by atoms with Crippen LogP contribution in [0.15, 0.2) is 243 Å². The molecule has 2 saturated heterocycles. The Hall–Kier alpha value is -6.29. The molecule has 10 rings (SSSR count). The Labute approximate surface area is 482 Å². The molecular weight excluding hydrogens is 1030 g/mol. The second-order valence-electron chi connectivity index (χ2n) is 20.5. The summed E-state index contributed by atoms with van der Waals surface area (Å²) in [4.78, 5) is 0. The highest BCUT2D eigenvalue weighted by Gasteiger charge is 2.51. The fourth-order valence-electron chi connectivity index (χ4n) is 10.3. The van der Waals surface area contributed by atoms with Crippen LogP contribution in [0, 0.1) is 0 Å². The van der Waals surface area contributed by atoms with Crippen LogP contribution < -0.4 is 0 Å². The van der Waals surface area contributed by atoms with E-state index in [0.29, 0.717) is 65.0 Å². The topological polar surface area (TPSA) is 92.3 Å². The van der Waals surface area contributed by atoms with E-state index in [-0.39, 0.29) is 13.2 Å².